The number of carbonyl (C=O) groups excluding carboxylic acids is 1. The fourth-order valence-corrected chi connectivity index (χ4v) is 3.03. The summed E-state index contributed by atoms with van der Waals surface area (Å²) in [6, 6.07) is 15.1. The Morgan fingerprint density at radius 2 is 1.92 bits per heavy atom. The van der Waals surface area contributed by atoms with Crippen molar-refractivity contribution in [2.24, 2.45) is 0 Å². The molecule has 1 saturated carbocycles. The van der Waals surface area contributed by atoms with Crippen LogP contribution in [0.2, 0.25) is 0 Å². The van der Waals surface area contributed by atoms with Crippen LogP contribution < -0.4 is 10.3 Å². The third-order valence-electron chi connectivity index (χ3n) is 4.46. The zero-order valence-corrected chi connectivity index (χ0v) is 14.6. The predicted molar refractivity (Wildman–Crippen MR) is 100 cm³/mol. The summed E-state index contributed by atoms with van der Waals surface area (Å²) < 4.78 is 4.98. The molecule has 2 aromatic carbocycles. The van der Waals surface area contributed by atoms with Crippen LogP contribution >= 0.6 is 0 Å². The standard InChI is InChI=1S/C21H20N2O3/c1-2-25-21(24)15-9-11-17(12-10-15)26-23-20-19(14-7-8-14)18-6-4-3-5-16(18)13-22-20/h3-6,9-14H,2,7-8H2,1H3,(H,22,23). The number of benzene rings is 2. The van der Waals surface area contributed by atoms with Crippen LogP contribution in [0.1, 0.15) is 41.6 Å². The molecule has 5 nitrogen and oxygen atoms in total. The van der Waals surface area contributed by atoms with Crippen molar-refractivity contribution in [2.75, 3.05) is 12.1 Å². The number of esters is 1. The Balaban J connectivity index is 1.53. The highest BCUT2D eigenvalue weighted by atomic mass is 16.6. The third-order valence-corrected chi connectivity index (χ3v) is 4.46. The first-order valence-corrected chi connectivity index (χ1v) is 8.84. The van der Waals surface area contributed by atoms with E-state index in [1.807, 2.05) is 18.3 Å². The van der Waals surface area contributed by atoms with Gasteiger partial charge in [-0.1, -0.05) is 24.3 Å². The lowest BCUT2D eigenvalue weighted by Gasteiger charge is -2.14. The summed E-state index contributed by atoms with van der Waals surface area (Å²) in [5.74, 6) is 1.56. The van der Waals surface area contributed by atoms with Gasteiger partial charge in [0.1, 0.15) is 0 Å². The molecule has 0 saturated heterocycles. The van der Waals surface area contributed by atoms with Crippen LogP contribution in [0.5, 0.6) is 5.75 Å². The molecule has 0 unspecified atom stereocenters. The molecule has 1 aliphatic carbocycles. The monoisotopic (exact) mass is 348 g/mol. The summed E-state index contributed by atoms with van der Waals surface area (Å²) >= 11 is 0. The number of carbonyl (C=O) groups is 1. The topological polar surface area (TPSA) is 60.5 Å². The molecule has 0 bridgehead atoms. The average Bonchev–Trinajstić information content (AvgIpc) is 3.51. The van der Waals surface area contributed by atoms with Crippen molar-refractivity contribution in [2.45, 2.75) is 25.7 Å². The van der Waals surface area contributed by atoms with E-state index in [9.17, 15) is 4.79 Å². The van der Waals surface area contributed by atoms with Gasteiger partial charge in [0.15, 0.2) is 11.6 Å². The number of hydrogen-bond acceptors (Lipinski definition) is 5. The predicted octanol–water partition coefficient (Wildman–Crippen LogP) is 4.69. The summed E-state index contributed by atoms with van der Waals surface area (Å²) in [5, 5.41) is 2.35. The Kier molecular flexibility index (Phi) is 4.44. The zero-order valence-electron chi connectivity index (χ0n) is 14.6. The minimum absolute atomic E-state index is 0.334. The van der Waals surface area contributed by atoms with Gasteiger partial charge in [0.25, 0.3) is 0 Å². The highest BCUT2D eigenvalue weighted by molar-refractivity contribution is 5.90. The fourth-order valence-electron chi connectivity index (χ4n) is 3.03. The molecule has 0 atom stereocenters. The van der Waals surface area contributed by atoms with E-state index >= 15 is 0 Å². The number of nitrogens with zero attached hydrogens (tertiary/aromatic N) is 1. The van der Waals surface area contributed by atoms with Crippen LogP contribution in [0.25, 0.3) is 10.8 Å². The third kappa shape index (κ3) is 3.33. The highest BCUT2D eigenvalue weighted by Gasteiger charge is 2.29. The van der Waals surface area contributed by atoms with Crippen molar-refractivity contribution in [1.29, 1.82) is 0 Å². The van der Waals surface area contributed by atoms with Gasteiger partial charge in [-0.25, -0.2) is 15.3 Å². The van der Waals surface area contributed by atoms with Crippen LogP contribution in [0.3, 0.4) is 0 Å². The maximum Gasteiger partial charge on any atom is 0.338 e. The molecule has 26 heavy (non-hydrogen) atoms. The summed E-state index contributed by atoms with van der Waals surface area (Å²) in [5.41, 5.74) is 4.71. The normalized spacial score (nSPS) is 13.4. The van der Waals surface area contributed by atoms with E-state index in [4.69, 9.17) is 9.57 Å². The Morgan fingerprint density at radius 1 is 1.15 bits per heavy atom. The Morgan fingerprint density at radius 3 is 2.65 bits per heavy atom. The van der Waals surface area contributed by atoms with Gasteiger partial charge in [-0.3, -0.25) is 0 Å². The maximum atomic E-state index is 11.7. The lowest BCUT2D eigenvalue weighted by molar-refractivity contribution is 0.0526. The summed E-state index contributed by atoms with van der Waals surface area (Å²) in [6.07, 6.45) is 4.22. The van der Waals surface area contributed by atoms with Crippen molar-refractivity contribution in [3.05, 3.63) is 65.9 Å². The van der Waals surface area contributed by atoms with Gasteiger partial charge in [-0.05, 0) is 55.3 Å². The van der Waals surface area contributed by atoms with Crippen molar-refractivity contribution in [1.82, 2.24) is 4.98 Å². The van der Waals surface area contributed by atoms with E-state index in [2.05, 4.69) is 22.6 Å². The maximum absolute atomic E-state index is 11.7. The quantitative estimate of drug-likeness (QED) is 0.517. The van der Waals surface area contributed by atoms with Crippen LogP contribution in [0.15, 0.2) is 54.7 Å². The smallest absolute Gasteiger partial charge is 0.338 e. The molecule has 132 valence electrons. The molecule has 1 N–H and O–H groups in total. The average molecular weight is 348 g/mol. The van der Waals surface area contributed by atoms with Crippen molar-refractivity contribution in [3.8, 4) is 5.75 Å². The number of pyridine rings is 1. The molecule has 1 aromatic heterocycles. The first-order chi connectivity index (χ1) is 12.8. The van der Waals surface area contributed by atoms with E-state index in [-0.39, 0.29) is 5.97 Å². The molecule has 3 aromatic rings. The van der Waals surface area contributed by atoms with Gasteiger partial charge >= 0.3 is 5.97 Å². The number of nitrogens with one attached hydrogen (secondary N) is 1. The minimum atomic E-state index is -0.334. The second kappa shape index (κ2) is 7.04. The van der Waals surface area contributed by atoms with Gasteiger partial charge in [0.05, 0.1) is 12.2 Å². The molecule has 1 heterocycles. The summed E-state index contributed by atoms with van der Waals surface area (Å²) in [4.78, 5) is 21.9. The molecule has 5 heteroatoms. The Bertz CT molecular complexity index is 934. The van der Waals surface area contributed by atoms with Crippen molar-refractivity contribution in [3.63, 3.8) is 0 Å². The van der Waals surface area contributed by atoms with E-state index in [1.165, 1.54) is 23.8 Å². The van der Waals surface area contributed by atoms with Crippen LogP contribution in [-0.2, 0) is 4.74 Å². The SMILES string of the molecule is CCOC(=O)c1ccc(ONc2ncc3ccccc3c2C2CC2)cc1. The number of aromatic nitrogens is 1. The van der Waals surface area contributed by atoms with Crippen LogP contribution in [0, 0.1) is 0 Å². The number of fused-ring (bicyclic) bond motifs is 1. The van der Waals surface area contributed by atoms with Crippen LogP contribution in [0.4, 0.5) is 5.82 Å². The number of hydrogen-bond donors (Lipinski definition) is 1. The van der Waals surface area contributed by atoms with Gasteiger partial charge in [0, 0.05) is 17.1 Å². The number of ether oxygens (including phenoxy) is 1. The minimum Gasteiger partial charge on any atom is -0.462 e. The van der Waals surface area contributed by atoms with E-state index in [0.717, 1.165) is 11.2 Å². The first-order valence-electron chi connectivity index (χ1n) is 8.84. The summed E-state index contributed by atoms with van der Waals surface area (Å²) in [7, 11) is 0. The van der Waals surface area contributed by atoms with Crippen LogP contribution in [-0.4, -0.2) is 17.6 Å². The summed E-state index contributed by atoms with van der Waals surface area (Å²) in [6.45, 7) is 2.14. The molecule has 0 radical (unpaired) electrons. The molecule has 4 rings (SSSR count). The zero-order chi connectivity index (χ0) is 17.9. The molecule has 0 amide bonds. The van der Waals surface area contributed by atoms with Crippen molar-refractivity contribution < 1.29 is 14.4 Å². The largest absolute Gasteiger partial charge is 0.462 e. The van der Waals surface area contributed by atoms with Crippen molar-refractivity contribution >= 4 is 22.6 Å². The lowest BCUT2D eigenvalue weighted by atomic mass is 10.0. The molecular formula is C21H20N2O3. The second-order valence-corrected chi connectivity index (χ2v) is 6.33. The Hall–Kier alpha value is -3.08. The molecule has 1 aliphatic rings. The van der Waals surface area contributed by atoms with Gasteiger partial charge < -0.3 is 9.57 Å². The van der Waals surface area contributed by atoms with Gasteiger partial charge in [-0.15, -0.1) is 0 Å². The highest BCUT2D eigenvalue weighted by Crippen LogP contribution is 2.45. The second-order valence-electron chi connectivity index (χ2n) is 6.33. The molecular weight excluding hydrogens is 328 g/mol. The molecule has 0 aliphatic heterocycles. The van der Waals surface area contributed by atoms with E-state index < -0.39 is 0 Å². The van der Waals surface area contributed by atoms with E-state index in [0.29, 0.717) is 23.8 Å². The van der Waals surface area contributed by atoms with Gasteiger partial charge in [0.2, 0.25) is 0 Å². The molecule has 0 spiro atoms. The molecule has 1 fully saturated rings. The Labute approximate surface area is 151 Å². The fraction of sp³-hybridized carbons (Fsp3) is 0.238. The first kappa shape index (κ1) is 16.4. The van der Waals surface area contributed by atoms with E-state index in [1.54, 1.807) is 31.2 Å². The number of rotatable bonds is 6. The number of anilines is 1. The lowest BCUT2D eigenvalue weighted by Crippen LogP contribution is -2.09. The van der Waals surface area contributed by atoms with Gasteiger partial charge in [-0.2, -0.15) is 0 Å².